The smallest absolute Gasteiger partial charge is 0.341 e. The highest BCUT2D eigenvalue weighted by Gasteiger charge is 2.08. The fraction of sp³-hybridized carbons (Fsp3) is 0.417. The number of aryl methyl sites for hydroxylation is 3. The molecule has 1 N–H and O–H groups in total. The summed E-state index contributed by atoms with van der Waals surface area (Å²) < 4.78 is 5.28. The van der Waals surface area contributed by atoms with Gasteiger partial charge in [0.1, 0.15) is 5.75 Å². The lowest BCUT2D eigenvalue weighted by molar-refractivity contribution is -0.139. The van der Waals surface area contributed by atoms with Crippen LogP contribution in [0.5, 0.6) is 5.75 Å². The van der Waals surface area contributed by atoms with E-state index in [4.69, 9.17) is 9.84 Å². The third kappa shape index (κ3) is 2.98. The van der Waals surface area contributed by atoms with Crippen molar-refractivity contribution < 1.29 is 14.6 Å². The predicted octanol–water partition coefficient (Wildman–Crippen LogP) is 2.33. The van der Waals surface area contributed by atoms with Crippen molar-refractivity contribution in [3.05, 3.63) is 28.8 Å². The third-order valence-electron chi connectivity index (χ3n) is 2.22. The molecule has 0 atom stereocenters. The third-order valence-corrected chi connectivity index (χ3v) is 2.22. The summed E-state index contributed by atoms with van der Waals surface area (Å²) in [4.78, 5) is 10.4. The molecule has 0 saturated carbocycles. The summed E-state index contributed by atoms with van der Waals surface area (Å²) in [7, 11) is 0. The summed E-state index contributed by atoms with van der Waals surface area (Å²) in [6.45, 7) is 5.70. The van der Waals surface area contributed by atoms with Crippen molar-refractivity contribution in [3.8, 4) is 5.75 Å². The number of ether oxygens (including phenoxy) is 1. The highest BCUT2D eigenvalue weighted by atomic mass is 16.5. The van der Waals surface area contributed by atoms with Crippen LogP contribution in [0.2, 0.25) is 0 Å². The minimum Gasteiger partial charge on any atom is -0.481 e. The average Bonchev–Trinajstić information content (AvgIpc) is 2.14. The SMILES string of the molecule is CCc1cc(C)cc(C)c1OCC(=O)O. The van der Waals surface area contributed by atoms with E-state index < -0.39 is 5.97 Å². The Kier molecular flexibility index (Phi) is 3.72. The van der Waals surface area contributed by atoms with E-state index in [1.807, 2.05) is 32.9 Å². The molecule has 0 aromatic heterocycles. The van der Waals surface area contributed by atoms with Crippen molar-refractivity contribution in [3.63, 3.8) is 0 Å². The summed E-state index contributed by atoms with van der Waals surface area (Å²) in [5.41, 5.74) is 3.23. The van der Waals surface area contributed by atoms with Crippen LogP contribution in [0.1, 0.15) is 23.6 Å². The Labute approximate surface area is 89.7 Å². The number of rotatable bonds is 4. The zero-order valence-corrected chi connectivity index (χ0v) is 9.33. The molecule has 0 radical (unpaired) electrons. The van der Waals surface area contributed by atoms with Crippen molar-refractivity contribution in [1.29, 1.82) is 0 Å². The Morgan fingerprint density at radius 2 is 2.07 bits per heavy atom. The van der Waals surface area contributed by atoms with Crippen LogP contribution in [-0.4, -0.2) is 17.7 Å². The Morgan fingerprint density at radius 3 is 2.60 bits per heavy atom. The predicted molar refractivity (Wildman–Crippen MR) is 58.4 cm³/mol. The lowest BCUT2D eigenvalue weighted by atomic mass is 10.0. The van der Waals surface area contributed by atoms with Crippen LogP contribution in [0.25, 0.3) is 0 Å². The Bertz CT molecular complexity index is 369. The number of carboxylic acids is 1. The van der Waals surface area contributed by atoms with Gasteiger partial charge in [0.05, 0.1) is 0 Å². The van der Waals surface area contributed by atoms with Gasteiger partial charge in [-0.05, 0) is 31.4 Å². The molecule has 0 fully saturated rings. The van der Waals surface area contributed by atoms with Crippen LogP contribution in [-0.2, 0) is 11.2 Å². The van der Waals surface area contributed by atoms with Gasteiger partial charge >= 0.3 is 5.97 Å². The first-order chi connectivity index (χ1) is 7.04. The second-order valence-electron chi connectivity index (χ2n) is 3.61. The molecule has 1 rings (SSSR count). The minimum atomic E-state index is -0.947. The van der Waals surface area contributed by atoms with Gasteiger partial charge in [-0.15, -0.1) is 0 Å². The van der Waals surface area contributed by atoms with E-state index in [0.29, 0.717) is 5.75 Å². The van der Waals surface area contributed by atoms with Crippen molar-refractivity contribution >= 4 is 5.97 Å². The molecule has 0 bridgehead atoms. The van der Waals surface area contributed by atoms with Crippen LogP contribution in [0, 0.1) is 13.8 Å². The summed E-state index contributed by atoms with van der Waals surface area (Å²) in [5.74, 6) is -0.234. The maximum atomic E-state index is 10.4. The first-order valence-corrected chi connectivity index (χ1v) is 4.99. The maximum absolute atomic E-state index is 10.4. The Morgan fingerprint density at radius 1 is 1.40 bits per heavy atom. The van der Waals surface area contributed by atoms with E-state index in [0.717, 1.165) is 17.5 Å². The van der Waals surface area contributed by atoms with Crippen molar-refractivity contribution in [1.82, 2.24) is 0 Å². The van der Waals surface area contributed by atoms with Gasteiger partial charge in [0.25, 0.3) is 0 Å². The molecule has 82 valence electrons. The van der Waals surface area contributed by atoms with Gasteiger partial charge < -0.3 is 9.84 Å². The highest BCUT2D eigenvalue weighted by molar-refractivity contribution is 5.68. The van der Waals surface area contributed by atoms with Gasteiger partial charge in [-0.25, -0.2) is 4.79 Å². The Balaban J connectivity index is 2.98. The largest absolute Gasteiger partial charge is 0.481 e. The fourth-order valence-corrected chi connectivity index (χ4v) is 1.65. The molecule has 0 saturated heterocycles. The topological polar surface area (TPSA) is 46.5 Å². The van der Waals surface area contributed by atoms with Gasteiger partial charge in [0.2, 0.25) is 0 Å². The summed E-state index contributed by atoms with van der Waals surface area (Å²) in [6.07, 6.45) is 0.845. The van der Waals surface area contributed by atoms with E-state index in [1.54, 1.807) is 0 Å². The molecule has 0 heterocycles. The van der Waals surface area contributed by atoms with Gasteiger partial charge in [0.15, 0.2) is 6.61 Å². The molecule has 0 aliphatic heterocycles. The zero-order chi connectivity index (χ0) is 11.4. The van der Waals surface area contributed by atoms with E-state index in [-0.39, 0.29) is 6.61 Å². The molecule has 1 aromatic carbocycles. The second kappa shape index (κ2) is 4.82. The highest BCUT2D eigenvalue weighted by Crippen LogP contribution is 2.25. The lowest BCUT2D eigenvalue weighted by Gasteiger charge is -2.12. The molecule has 3 nitrogen and oxygen atoms in total. The Hall–Kier alpha value is -1.51. The van der Waals surface area contributed by atoms with Crippen LogP contribution in [0.15, 0.2) is 12.1 Å². The van der Waals surface area contributed by atoms with Gasteiger partial charge in [-0.3, -0.25) is 0 Å². The summed E-state index contributed by atoms with van der Waals surface area (Å²) >= 11 is 0. The first kappa shape index (κ1) is 11.6. The van der Waals surface area contributed by atoms with Crippen LogP contribution in [0.3, 0.4) is 0 Å². The molecule has 15 heavy (non-hydrogen) atoms. The van der Waals surface area contributed by atoms with E-state index in [1.165, 1.54) is 5.56 Å². The molecule has 0 unspecified atom stereocenters. The number of aliphatic carboxylic acids is 1. The lowest BCUT2D eigenvalue weighted by Crippen LogP contribution is -2.11. The summed E-state index contributed by atoms with van der Waals surface area (Å²) in [6, 6.07) is 4.03. The molecule has 0 spiro atoms. The van der Waals surface area contributed by atoms with E-state index >= 15 is 0 Å². The average molecular weight is 208 g/mol. The standard InChI is InChI=1S/C12H16O3/c1-4-10-6-8(2)5-9(3)12(10)15-7-11(13)14/h5-6H,4,7H2,1-3H3,(H,13,14). The molecule has 1 aromatic rings. The quantitative estimate of drug-likeness (QED) is 0.826. The molecule has 0 aliphatic rings. The number of hydrogen-bond acceptors (Lipinski definition) is 2. The van der Waals surface area contributed by atoms with Crippen molar-refractivity contribution in [2.45, 2.75) is 27.2 Å². The number of benzene rings is 1. The molecule has 0 aliphatic carbocycles. The first-order valence-electron chi connectivity index (χ1n) is 4.99. The monoisotopic (exact) mass is 208 g/mol. The second-order valence-corrected chi connectivity index (χ2v) is 3.61. The number of hydrogen-bond donors (Lipinski definition) is 1. The number of carbonyl (C=O) groups is 1. The molecular weight excluding hydrogens is 192 g/mol. The van der Waals surface area contributed by atoms with Gasteiger partial charge in [0, 0.05) is 0 Å². The van der Waals surface area contributed by atoms with Crippen LogP contribution < -0.4 is 4.74 Å². The maximum Gasteiger partial charge on any atom is 0.341 e. The van der Waals surface area contributed by atoms with Gasteiger partial charge in [-0.2, -0.15) is 0 Å². The van der Waals surface area contributed by atoms with Gasteiger partial charge in [-0.1, -0.05) is 24.6 Å². The summed E-state index contributed by atoms with van der Waals surface area (Å²) in [5, 5.41) is 8.56. The van der Waals surface area contributed by atoms with Crippen LogP contribution >= 0.6 is 0 Å². The fourth-order valence-electron chi connectivity index (χ4n) is 1.65. The van der Waals surface area contributed by atoms with E-state index in [2.05, 4.69) is 0 Å². The molecular formula is C12H16O3. The van der Waals surface area contributed by atoms with Crippen LogP contribution in [0.4, 0.5) is 0 Å². The van der Waals surface area contributed by atoms with E-state index in [9.17, 15) is 4.79 Å². The number of carboxylic acid groups (broad SMARTS) is 1. The van der Waals surface area contributed by atoms with Crippen molar-refractivity contribution in [2.75, 3.05) is 6.61 Å². The minimum absolute atomic E-state index is 0.281. The van der Waals surface area contributed by atoms with Crippen molar-refractivity contribution in [2.24, 2.45) is 0 Å². The molecule has 0 amide bonds. The molecule has 3 heteroatoms. The normalized spacial score (nSPS) is 10.1. The zero-order valence-electron chi connectivity index (χ0n) is 9.33.